The predicted molar refractivity (Wildman–Crippen MR) is 82.7 cm³/mol. The van der Waals surface area contributed by atoms with Crippen molar-refractivity contribution in [2.45, 2.75) is 13.3 Å². The standard InChI is InChI=1S/C15H16N6O/c1-10-18-19-14-6-5-13(20-21(10)14)17-8-7-11-3-2-4-12(9-11)15(16)22/h2-6,9H,7-8H2,1H3,(H2,16,22)(H,17,20). The van der Waals surface area contributed by atoms with E-state index >= 15 is 0 Å². The Labute approximate surface area is 127 Å². The number of carbonyl (C=O) groups excluding carboxylic acids is 1. The number of amides is 1. The van der Waals surface area contributed by atoms with Gasteiger partial charge in [0.05, 0.1) is 0 Å². The smallest absolute Gasteiger partial charge is 0.248 e. The van der Waals surface area contributed by atoms with Crippen LogP contribution in [-0.4, -0.2) is 32.3 Å². The number of nitrogens with zero attached hydrogens (tertiary/aromatic N) is 4. The lowest BCUT2D eigenvalue weighted by Crippen LogP contribution is -2.12. The molecule has 0 unspecified atom stereocenters. The van der Waals surface area contributed by atoms with Crippen LogP contribution in [0.5, 0.6) is 0 Å². The summed E-state index contributed by atoms with van der Waals surface area (Å²) in [5.74, 6) is 1.08. The molecule has 7 heteroatoms. The first-order valence-electron chi connectivity index (χ1n) is 6.95. The molecule has 0 saturated heterocycles. The minimum atomic E-state index is -0.412. The summed E-state index contributed by atoms with van der Waals surface area (Å²) >= 11 is 0. The molecule has 0 spiro atoms. The van der Waals surface area contributed by atoms with Crippen molar-refractivity contribution in [3.05, 3.63) is 53.3 Å². The minimum Gasteiger partial charge on any atom is -0.368 e. The number of hydrogen-bond donors (Lipinski definition) is 2. The Bertz CT molecular complexity index is 826. The number of aromatic nitrogens is 4. The molecule has 0 radical (unpaired) electrons. The Balaban J connectivity index is 1.65. The molecule has 0 bridgehead atoms. The van der Waals surface area contributed by atoms with Crippen LogP contribution in [-0.2, 0) is 6.42 Å². The molecule has 0 atom stereocenters. The lowest BCUT2D eigenvalue weighted by molar-refractivity contribution is 0.1000. The summed E-state index contributed by atoms with van der Waals surface area (Å²) in [6.45, 7) is 2.55. The molecule has 1 aromatic carbocycles. The van der Waals surface area contributed by atoms with Gasteiger partial charge in [-0.25, -0.2) is 0 Å². The van der Waals surface area contributed by atoms with Crippen LogP contribution >= 0.6 is 0 Å². The van der Waals surface area contributed by atoms with Crippen LogP contribution in [0.4, 0.5) is 5.82 Å². The number of nitrogens with two attached hydrogens (primary N) is 1. The van der Waals surface area contributed by atoms with Gasteiger partial charge in [0.15, 0.2) is 11.5 Å². The largest absolute Gasteiger partial charge is 0.368 e. The average Bonchev–Trinajstić information content (AvgIpc) is 2.89. The van der Waals surface area contributed by atoms with Gasteiger partial charge in [0, 0.05) is 12.1 Å². The van der Waals surface area contributed by atoms with Gasteiger partial charge in [0.25, 0.3) is 0 Å². The first-order chi connectivity index (χ1) is 10.6. The van der Waals surface area contributed by atoms with E-state index in [0.29, 0.717) is 12.1 Å². The summed E-state index contributed by atoms with van der Waals surface area (Å²) in [5, 5.41) is 15.6. The third-order valence-electron chi connectivity index (χ3n) is 3.35. The maximum absolute atomic E-state index is 11.2. The normalized spacial score (nSPS) is 10.8. The average molecular weight is 296 g/mol. The van der Waals surface area contributed by atoms with Crippen molar-refractivity contribution in [2.24, 2.45) is 5.73 Å². The van der Waals surface area contributed by atoms with Crippen LogP contribution in [0.2, 0.25) is 0 Å². The van der Waals surface area contributed by atoms with E-state index < -0.39 is 5.91 Å². The second kappa shape index (κ2) is 5.80. The highest BCUT2D eigenvalue weighted by molar-refractivity contribution is 5.92. The van der Waals surface area contributed by atoms with Crippen LogP contribution in [0.1, 0.15) is 21.7 Å². The van der Waals surface area contributed by atoms with Crippen molar-refractivity contribution in [2.75, 3.05) is 11.9 Å². The quantitative estimate of drug-likeness (QED) is 0.737. The number of hydrogen-bond acceptors (Lipinski definition) is 5. The molecule has 0 saturated carbocycles. The van der Waals surface area contributed by atoms with Gasteiger partial charge in [-0.3, -0.25) is 4.79 Å². The molecule has 3 N–H and O–H groups in total. The summed E-state index contributed by atoms with van der Waals surface area (Å²) in [4.78, 5) is 11.2. The van der Waals surface area contributed by atoms with E-state index in [1.54, 1.807) is 10.6 Å². The molecular formula is C15H16N6O. The van der Waals surface area contributed by atoms with Gasteiger partial charge in [0.1, 0.15) is 5.82 Å². The molecule has 22 heavy (non-hydrogen) atoms. The Hall–Kier alpha value is -2.96. The zero-order valence-electron chi connectivity index (χ0n) is 12.2. The number of fused-ring (bicyclic) bond motifs is 1. The molecule has 0 aliphatic heterocycles. The number of rotatable bonds is 5. The fourth-order valence-corrected chi connectivity index (χ4v) is 2.21. The van der Waals surface area contributed by atoms with E-state index in [-0.39, 0.29) is 0 Å². The van der Waals surface area contributed by atoms with Crippen molar-refractivity contribution in [3.63, 3.8) is 0 Å². The summed E-state index contributed by atoms with van der Waals surface area (Å²) in [6, 6.07) is 11.1. The van der Waals surface area contributed by atoms with Crippen molar-refractivity contribution in [1.82, 2.24) is 19.8 Å². The van der Waals surface area contributed by atoms with Crippen molar-refractivity contribution >= 4 is 17.4 Å². The van der Waals surface area contributed by atoms with Gasteiger partial charge in [-0.2, -0.15) is 4.52 Å². The van der Waals surface area contributed by atoms with Gasteiger partial charge in [-0.1, -0.05) is 12.1 Å². The summed E-state index contributed by atoms with van der Waals surface area (Å²) in [6.07, 6.45) is 0.766. The van der Waals surface area contributed by atoms with E-state index in [0.717, 1.165) is 29.3 Å². The molecular weight excluding hydrogens is 280 g/mol. The van der Waals surface area contributed by atoms with Crippen LogP contribution in [0.15, 0.2) is 36.4 Å². The molecule has 0 aliphatic rings. The number of primary amides is 1. The van der Waals surface area contributed by atoms with Crippen molar-refractivity contribution in [3.8, 4) is 0 Å². The van der Waals surface area contributed by atoms with Crippen LogP contribution < -0.4 is 11.1 Å². The van der Waals surface area contributed by atoms with E-state index in [2.05, 4.69) is 20.6 Å². The minimum absolute atomic E-state index is 0.412. The van der Waals surface area contributed by atoms with Gasteiger partial charge in [-0.05, 0) is 43.2 Å². The van der Waals surface area contributed by atoms with Crippen molar-refractivity contribution in [1.29, 1.82) is 0 Å². The molecule has 0 fully saturated rings. The van der Waals surface area contributed by atoms with E-state index in [9.17, 15) is 4.79 Å². The Morgan fingerprint density at radius 1 is 1.27 bits per heavy atom. The lowest BCUT2D eigenvalue weighted by Gasteiger charge is -2.07. The Morgan fingerprint density at radius 3 is 2.95 bits per heavy atom. The van der Waals surface area contributed by atoms with E-state index in [4.69, 9.17) is 5.73 Å². The highest BCUT2D eigenvalue weighted by Crippen LogP contribution is 2.08. The highest BCUT2D eigenvalue weighted by atomic mass is 16.1. The number of benzene rings is 1. The van der Waals surface area contributed by atoms with E-state index in [1.807, 2.05) is 37.3 Å². The second-order valence-corrected chi connectivity index (χ2v) is 4.98. The monoisotopic (exact) mass is 296 g/mol. The molecule has 0 aliphatic carbocycles. The number of aryl methyl sites for hydroxylation is 1. The Kier molecular flexibility index (Phi) is 3.69. The summed E-state index contributed by atoms with van der Waals surface area (Å²) in [5.41, 5.74) is 7.57. The molecule has 112 valence electrons. The predicted octanol–water partition coefficient (Wildman–Crippen LogP) is 1.19. The van der Waals surface area contributed by atoms with E-state index in [1.165, 1.54) is 0 Å². The first kappa shape index (κ1) is 14.0. The molecule has 7 nitrogen and oxygen atoms in total. The fraction of sp³-hybridized carbons (Fsp3) is 0.200. The molecule has 1 amide bonds. The maximum Gasteiger partial charge on any atom is 0.248 e. The highest BCUT2D eigenvalue weighted by Gasteiger charge is 2.04. The molecule has 2 heterocycles. The Morgan fingerprint density at radius 2 is 2.14 bits per heavy atom. The fourth-order valence-electron chi connectivity index (χ4n) is 2.21. The second-order valence-electron chi connectivity index (χ2n) is 4.98. The van der Waals surface area contributed by atoms with Crippen LogP contribution in [0.3, 0.4) is 0 Å². The van der Waals surface area contributed by atoms with Crippen LogP contribution in [0, 0.1) is 6.92 Å². The molecule has 3 rings (SSSR count). The zero-order valence-corrected chi connectivity index (χ0v) is 12.2. The van der Waals surface area contributed by atoms with Crippen LogP contribution in [0.25, 0.3) is 5.65 Å². The summed E-state index contributed by atoms with van der Waals surface area (Å²) in [7, 11) is 0. The zero-order chi connectivity index (χ0) is 15.5. The lowest BCUT2D eigenvalue weighted by atomic mass is 10.1. The molecule has 3 aromatic rings. The third kappa shape index (κ3) is 2.88. The number of carbonyl (C=O) groups is 1. The van der Waals surface area contributed by atoms with Gasteiger partial charge in [0.2, 0.25) is 5.91 Å². The maximum atomic E-state index is 11.2. The topological polar surface area (TPSA) is 98.2 Å². The SMILES string of the molecule is Cc1nnc2ccc(NCCc3cccc(C(N)=O)c3)nn12. The van der Waals surface area contributed by atoms with Crippen molar-refractivity contribution < 1.29 is 4.79 Å². The van der Waals surface area contributed by atoms with Gasteiger partial charge in [-0.15, -0.1) is 15.3 Å². The number of nitrogens with one attached hydrogen (secondary N) is 1. The first-order valence-corrected chi connectivity index (χ1v) is 6.95. The van der Waals surface area contributed by atoms with Gasteiger partial charge < -0.3 is 11.1 Å². The number of anilines is 1. The molecule has 2 aromatic heterocycles. The third-order valence-corrected chi connectivity index (χ3v) is 3.35. The van der Waals surface area contributed by atoms with Gasteiger partial charge >= 0.3 is 0 Å². The summed E-state index contributed by atoms with van der Waals surface area (Å²) < 4.78 is 1.69.